The first-order valence-electron chi connectivity index (χ1n) is 8.99. The van der Waals surface area contributed by atoms with Crippen LogP contribution in [0.15, 0.2) is 54.0 Å². The molecule has 1 aromatic carbocycles. The fourth-order valence-corrected chi connectivity index (χ4v) is 3.15. The van der Waals surface area contributed by atoms with Gasteiger partial charge in [0.1, 0.15) is 11.6 Å². The summed E-state index contributed by atoms with van der Waals surface area (Å²) in [5.74, 6) is -0.197. The number of alkyl halides is 3. The fourth-order valence-electron chi connectivity index (χ4n) is 3.15. The summed E-state index contributed by atoms with van der Waals surface area (Å²) in [6.07, 6.45) is -2.67. The molecule has 0 fully saturated rings. The second-order valence-electron chi connectivity index (χ2n) is 6.78. The van der Waals surface area contributed by atoms with E-state index in [0.29, 0.717) is 24.5 Å². The maximum Gasteiger partial charge on any atom is 0.573 e. The first-order valence-corrected chi connectivity index (χ1v) is 8.99. The predicted molar refractivity (Wildman–Crippen MR) is 107 cm³/mol. The van der Waals surface area contributed by atoms with Crippen LogP contribution in [-0.4, -0.2) is 34.7 Å². The summed E-state index contributed by atoms with van der Waals surface area (Å²) >= 11 is 0. The zero-order chi connectivity index (χ0) is 21.2. The van der Waals surface area contributed by atoms with Crippen molar-refractivity contribution in [3.05, 3.63) is 65.1 Å². The maximum atomic E-state index is 12.9. The van der Waals surface area contributed by atoms with Gasteiger partial charge >= 0.3 is 6.36 Å². The van der Waals surface area contributed by atoms with Crippen molar-refractivity contribution in [3.8, 4) is 5.75 Å². The number of anilines is 1. The lowest BCUT2D eigenvalue weighted by Gasteiger charge is -2.35. The van der Waals surface area contributed by atoms with E-state index in [1.54, 1.807) is 13.1 Å². The van der Waals surface area contributed by atoms with Gasteiger partial charge in [0, 0.05) is 30.4 Å². The number of nitrogens with one attached hydrogen (secondary N) is 1. The monoisotopic (exact) mass is 423 g/mol. The van der Waals surface area contributed by atoms with Gasteiger partial charge in [-0.1, -0.05) is 6.07 Å². The minimum Gasteiger partial charge on any atom is -0.406 e. The van der Waals surface area contributed by atoms with Crippen LogP contribution in [0.2, 0.25) is 0 Å². The van der Waals surface area contributed by atoms with E-state index in [4.69, 9.17) is 5.73 Å². The fraction of sp³-hybridized carbons (Fsp3) is 0.300. The van der Waals surface area contributed by atoms with Crippen molar-refractivity contribution in [3.63, 3.8) is 0 Å². The van der Waals surface area contributed by atoms with E-state index in [9.17, 15) is 18.0 Å². The number of nitrogens with two attached hydrogens (primary N) is 1. The van der Waals surface area contributed by atoms with Crippen LogP contribution in [-0.2, 0) is 0 Å². The molecule has 1 aromatic heterocycles. The first kappa shape index (κ1) is 23.0. The van der Waals surface area contributed by atoms with E-state index in [2.05, 4.69) is 15.0 Å². The molecular formula is C20H24F3N5O2. The molecule has 0 aliphatic carbocycles. The SMILES string of the molecule is Cc1ccnc(NC2=C(N)[C@@H](C)N(C(=O)c3cccc(OC(F)(F)F)c3)CC2)c1.N. The van der Waals surface area contributed by atoms with Gasteiger partial charge in [0.15, 0.2) is 0 Å². The molecule has 1 aliphatic heterocycles. The zero-order valence-electron chi connectivity index (χ0n) is 16.7. The molecule has 0 saturated carbocycles. The number of aromatic nitrogens is 1. The predicted octanol–water partition coefficient (Wildman–Crippen LogP) is 3.97. The molecule has 1 aliphatic rings. The summed E-state index contributed by atoms with van der Waals surface area (Å²) in [4.78, 5) is 18.6. The molecule has 2 aromatic rings. The Morgan fingerprint density at radius 3 is 2.70 bits per heavy atom. The molecule has 0 spiro atoms. The first-order chi connectivity index (χ1) is 13.6. The number of carbonyl (C=O) groups excluding carboxylic acids is 1. The summed E-state index contributed by atoms with van der Waals surface area (Å²) in [6, 6.07) is 8.34. The van der Waals surface area contributed by atoms with E-state index >= 15 is 0 Å². The number of pyridine rings is 1. The third kappa shape index (κ3) is 5.41. The third-order valence-electron chi connectivity index (χ3n) is 4.64. The Labute approximate surface area is 172 Å². The van der Waals surface area contributed by atoms with Crippen LogP contribution in [0.5, 0.6) is 5.75 Å². The highest BCUT2D eigenvalue weighted by atomic mass is 19.4. The maximum absolute atomic E-state index is 12.9. The number of nitrogens with zero attached hydrogens (tertiary/aromatic N) is 2. The Hall–Kier alpha value is -3.27. The van der Waals surface area contributed by atoms with Crippen LogP contribution in [0, 0.1) is 6.92 Å². The molecule has 0 unspecified atom stereocenters. The van der Waals surface area contributed by atoms with Crippen LogP contribution in [0.1, 0.15) is 29.3 Å². The highest BCUT2D eigenvalue weighted by Crippen LogP contribution is 2.27. The highest BCUT2D eigenvalue weighted by molar-refractivity contribution is 5.95. The van der Waals surface area contributed by atoms with E-state index in [0.717, 1.165) is 23.4 Å². The Balaban J connectivity index is 0.00000320. The molecule has 3 rings (SSSR count). The molecule has 1 atom stereocenters. The van der Waals surface area contributed by atoms with Gasteiger partial charge in [-0.15, -0.1) is 13.2 Å². The lowest BCUT2D eigenvalue weighted by Crippen LogP contribution is -2.46. The standard InChI is InChI=1S/C20H21F3N4O2.H3N/c1-12-6-8-25-17(10-12)26-16-7-9-27(13(2)18(16)24)19(28)14-4-3-5-15(11-14)29-20(21,22)23;/h3-6,8,10-11,13H,7,9,24H2,1-2H3,(H,25,26);1H3/t13-;/m1./s1. The van der Waals surface area contributed by atoms with Crippen molar-refractivity contribution in [2.24, 2.45) is 5.73 Å². The summed E-state index contributed by atoms with van der Waals surface area (Å²) in [6.45, 7) is 4.08. The third-order valence-corrected chi connectivity index (χ3v) is 4.64. The van der Waals surface area contributed by atoms with Crippen molar-refractivity contribution >= 4 is 11.7 Å². The number of carbonyl (C=O) groups is 1. The molecule has 1 amide bonds. The second kappa shape index (κ2) is 9.04. The van der Waals surface area contributed by atoms with E-state index in [1.165, 1.54) is 17.0 Å². The molecule has 30 heavy (non-hydrogen) atoms. The Morgan fingerprint density at radius 2 is 2.03 bits per heavy atom. The number of benzene rings is 1. The number of halogens is 3. The summed E-state index contributed by atoms with van der Waals surface area (Å²) in [5.41, 5.74) is 8.65. The van der Waals surface area contributed by atoms with Crippen molar-refractivity contribution in [1.29, 1.82) is 0 Å². The smallest absolute Gasteiger partial charge is 0.406 e. The molecular weight excluding hydrogens is 399 g/mol. The van der Waals surface area contributed by atoms with Gasteiger partial charge in [0.25, 0.3) is 5.91 Å². The van der Waals surface area contributed by atoms with Gasteiger partial charge < -0.3 is 26.8 Å². The lowest BCUT2D eigenvalue weighted by molar-refractivity contribution is -0.274. The van der Waals surface area contributed by atoms with Crippen molar-refractivity contribution in [1.82, 2.24) is 16.0 Å². The molecule has 0 radical (unpaired) electrons. The Bertz CT molecular complexity index is 946. The van der Waals surface area contributed by atoms with Gasteiger partial charge in [0.05, 0.1) is 11.7 Å². The largest absolute Gasteiger partial charge is 0.573 e. The molecule has 0 saturated heterocycles. The number of amides is 1. The van der Waals surface area contributed by atoms with Crippen LogP contribution < -0.4 is 21.9 Å². The molecule has 10 heteroatoms. The van der Waals surface area contributed by atoms with Crippen molar-refractivity contribution in [2.75, 3.05) is 11.9 Å². The van der Waals surface area contributed by atoms with Crippen molar-refractivity contribution < 1.29 is 22.7 Å². The minimum absolute atomic E-state index is 0. The average Bonchev–Trinajstić information content (AvgIpc) is 2.64. The zero-order valence-corrected chi connectivity index (χ0v) is 16.7. The highest BCUT2D eigenvalue weighted by Gasteiger charge is 2.32. The minimum atomic E-state index is -4.82. The van der Waals surface area contributed by atoms with Crippen LogP contribution in [0.4, 0.5) is 19.0 Å². The van der Waals surface area contributed by atoms with E-state index in [1.807, 2.05) is 19.1 Å². The Morgan fingerprint density at radius 1 is 1.30 bits per heavy atom. The average molecular weight is 423 g/mol. The molecule has 6 N–H and O–H groups in total. The normalized spacial score (nSPS) is 16.7. The number of ether oxygens (including phenoxy) is 1. The summed E-state index contributed by atoms with van der Waals surface area (Å²) in [5, 5.41) is 3.20. The van der Waals surface area contributed by atoms with Crippen molar-refractivity contribution in [2.45, 2.75) is 32.7 Å². The quantitative estimate of drug-likeness (QED) is 0.685. The topological polar surface area (TPSA) is 115 Å². The number of rotatable bonds is 4. The van der Waals surface area contributed by atoms with Gasteiger partial charge in [-0.2, -0.15) is 0 Å². The lowest BCUT2D eigenvalue weighted by atomic mass is 10.0. The number of aryl methyl sites for hydroxylation is 1. The van der Waals surface area contributed by atoms with Gasteiger partial charge in [0.2, 0.25) is 0 Å². The van der Waals surface area contributed by atoms with Gasteiger partial charge in [-0.25, -0.2) is 4.98 Å². The number of hydrogen-bond acceptors (Lipinski definition) is 6. The van der Waals surface area contributed by atoms with Gasteiger partial charge in [-0.3, -0.25) is 4.79 Å². The second-order valence-corrected chi connectivity index (χ2v) is 6.78. The molecule has 2 heterocycles. The van der Waals surface area contributed by atoms with Crippen LogP contribution in [0.25, 0.3) is 0 Å². The molecule has 7 nitrogen and oxygen atoms in total. The molecule has 162 valence electrons. The summed E-state index contributed by atoms with van der Waals surface area (Å²) < 4.78 is 41.2. The Kier molecular flexibility index (Phi) is 6.93. The number of hydrogen-bond donors (Lipinski definition) is 3. The van der Waals surface area contributed by atoms with Gasteiger partial charge in [-0.05, 0) is 49.7 Å². The van der Waals surface area contributed by atoms with E-state index < -0.39 is 24.1 Å². The van der Waals surface area contributed by atoms with E-state index in [-0.39, 0.29) is 11.7 Å². The molecule has 0 bridgehead atoms. The summed E-state index contributed by atoms with van der Waals surface area (Å²) in [7, 11) is 0. The van der Waals surface area contributed by atoms with Crippen LogP contribution in [0.3, 0.4) is 0 Å². The van der Waals surface area contributed by atoms with Crippen LogP contribution >= 0.6 is 0 Å².